The van der Waals surface area contributed by atoms with Crippen LogP contribution < -0.4 is 0 Å². The summed E-state index contributed by atoms with van der Waals surface area (Å²) < 4.78 is 0. The number of nitrogens with zero attached hydrogens (tertiary/aromatic N) is 1. The molecule has 2 nitrogen and oxygen atoms in total. The van der Waals surface area contributed by atoms with Gasteiger partial charge in [0.1, 0.15) is 0 Å². The number of aliphatic hydroxyl groups is 1. The molecular formula is C18H27NO. The minimum Gasteiger partial charge on any atom is -0.391 e. The maximum atomic E-state index is 10.7. The lowest BCUT2D eigenvalue weighted by Crippen LogP contribution is -2.51. The summed E-state index contributed by atoms with van der Waals surface area (Å²) in [5.41, 5.74) is 4.20. The molecule has 2 aliphatic rings. The fraction of sp³-hybridized carbons (Fsp3) is 0.667. The molecule has 1 aliphatic carbocycles. The predicted molar refractivity (Wildman–Crippen MR) is 83.1 cm³/mol. The fourth-order valence-corrected chi connectivity index (χ4v) is 3.73. The lowest BCUT2D eigenvalue weighted by Gasteiger charge is -2.39. The number of hydrogen-bond donors (Lipinski definition) is 1. The first-order valence-electron chi connectivity index (χ1n) is 8.11. The molecule has 110 valence electrons. The molecule has 0 saturated carbocycles. The van der Waals surface area contributed by atoms with Crippen LogP contribution in [-0.4, -0.2) is 34.7 Å². The molecule has 0 aromatic heterocycles. The van der Waals surface area contributed by atoms with Crippen molar-refractivity contribution in [1.29, 1.82) is 0 Å². The standard InChI is InChI=1S/C18H27NO/c1-18(2,19-10-3-4-11-19)17(20)13-14-8-9-15-6-5-7-16(15)12-14/h8-9,12,17,20H,3-7,10-11,13H2,1-2H3. The molecule has 1 atom stereocenters. The molecule has 1 saturated heterocycles. The SMILES string of the molecule is CC(C)(C(O)Cc1ccc2c(c1)CCC2)N1CCCC1. The summed E-state index contributed by atoms with van der Waals surface area (Å²) in [7, 11) is 0. The molecular weight excluding hydrogens is 246 g/mol. The smallest absolute Gasteiger partial charge is 0.0758 e. The number of aliphatic hydroxyl groups excluding tert-OH is 1. The predicted octanol–water partition coefficient (Wildman–Crippen LogP) is 2.95. The number of aryl methyl sites for hydroxylation is 2. The van der Waals surface area contributed by atoms with Gasteiger partial charge in [-0.2, -0.15) is 0 Å². The summed E-state index contributed by atoms with van der Waals surface area (Å²) in [4.78, 5) is 2.45. The van der Waals surface area contributed by atoms with E-state index in [1.54, 1.807) is 0 Å². The zero-order valence-corrected chi connectivity index (χ0v) is 12.9. The van der Waals surface area contributed by atoms with E-state index in [-0.39, 0.29) is 11.6 Å². The van der Waals surface area contributed by atoms with Crippen LogP contribution in [0.5, 0.6) is 0 Å². The Bertz CT molecular complexity index is 474. The largest absolute Gasteiger partial charge is 0.391 e. The number of benzene rings is 1. The molecule has 1 aromatic carbocycles. The number of rotatable bonds is 4. The normalized spacial score (nSPS) is 21.1. The Morgan fingerprint density at radius 3 is 2.55 bits per heavy atom. The van der Waals surface area contributed by atoms with Crippen molar-refractivity contribution in [3.8, 4) is 0 Å². The summed E-state index contributed by atoms with van der Waals surface area (Å²) in [5, 5.41) is 10.7. The minimum atomic E-state index is -0.292. The van der Waals surface area contributed by atoms with Gasteiger partial charge >= 0.3 is 0 Å². The van der Waals surface area contributed by atoms with Gasteiger partial charge in [0.2, 0.25) is 0 Å². The van der Waals surface area contributed by atoms with Crippen molar-refractivity contribution in [2.45, 2.75) is 64.0 Å². The van der Waals surface area contributed by atoms with Gasteiger partial charge < -0.3 is 5.11 Å². The van der Waals surface area contributed by atoms with E-state index < -0.39 is 0 Å². The Balaban J connectivity index is 1.70. The zero-order valence-electron chi connectivity index (χ0n) is 12.9. The third kappa shape index (κ3) is 2.64. The molecule has 1 aliphatic heterocycles. The van der Waals surface area contributed by atoms with Crippen molar-refractivity contribution in [2.24, 2.45) is 0 Å². The molecule has 0 radical (unpaired) electrons. The number of fused-ring (bicyclic) bond motifs is 1. The van der Waals surface area contributed by atoms with E-state index in [0.29, 0.717) is 0 Å². The van der Waals surface area contributed by atoms with Crippen LogP contribution in [0.2, 0.25) is 0 Å². The second-order valence-electron chi connectivity index (χ2n) is 7.02. The van der Waals surface area contributed by atoms with Crippen LogP contribution in [-0.2, 0) is 19.3 Å². The molecule has 3 rings (SSSR count). The Kier molecular flexibility index (Phi) is 3.87. The first-order valence-corrected chi connectivity index (χ1v) is 8.11. The van der Waals surface area contributed by atoms with E-state index in [2.05, 4.69) is 36.9 Å². The maximum Gasteiger partial charge on any atom is 0.0758 e. The Morgan fingerprint density at radius 1 is 1.10 bits per heavy atom. The van der Waals surface area contributed by atoms with Crippen LogP contribution in [0.15, 0.2) is 18.2 Å². The topological polar surface area (TPSA) is 23.5 Å². The van der Waals surface area contributed by atoms with Crippen LogP contribution in [0.25, 0.3) is 0 Å². The lowest BCUT2D eigenvalue weighted by molar-refractivity contribution is 0.00336. The third-order valence-corrected chi connectivity index (χ3v) is 5.33. The summed E-state index contributed by atoms with van der Waals surface area (Å²) in [6.07, 6.45) is 6.77. The quantitative estimate of drug-likeness (QED) is 0.911. The van der Waals surface area contributed by atoms with Gasteiger partial charge in [-0.05, 0) is 75.7 Å². The molecule has 1 heterocycles. The zero-order chi connectivity index (χ0) is 14.2. The lowest BCUT2D eigenvalue weighted by atomic mass is 9.89. The van der Waals surface area contributed by atoms with Crippen LogP contribution in [0.4, 0.5) is 0 Å². The van der Waals surface area contributed by atoms with Gasteiger partial charge in [0, 0.05) is 12.0 Å². The van der Waals surface area contributed by atoms with Crippen molar-refractivity contribution in [3.05, 3.63) is 34.9 Å². The van der Waals surface area contributed by atoms with Crippen LogP contribution in [0, 0.1) is 0 Å². The molecule has 0 bridgehead atoms. The van der Waals surface area contributed by atoms with Crippen LogP contribution in [0.3, 0.4) is 0 Å². The molecule has 1 aromatic rings. The maximum absolute atomic E-state index is 10.7. The molecule has 1 fully saturated rings. The van der Waals surface area contributed by atoms with Gasteiger partial charge in [0.25, 0.3) is 0 Å². The van der Waals surface area contributed by atoms with Gasteiger partial charge in [-0.15, -0.1) is 0 Å². The second-order valence-corrected chi connectivity index (χ2v) is 7.02. The minimum absolute atomic E-state index is 0.116. The van der Waals surface area contributed by atoms with Crippen molar-refractivity contribution in [3.63, 3.8) is 0 Å². The Morgan fingerprint density at radius 2 is 1.80 bits per heavy atom. The van der Waals surface area contributed by atoms with Gasteiger partial charge in [-0.3, -0.25) is 4.90 Å². The van der Waals surface area contributed by atoms with Crippen molar-refractivity contribution >= 4 is 0 Å². The first-order chi connectivity index (χ1) is 9.57. The van der Waals surface area contributed by atoms with Crippen LogP contribution in [0.1, 0.15) is 49.8 Å². The molecule has 20 heavy (non-hydrogen) atoms. The van der Waals surface area contributed by atoms with E-state index in [9.17, 15) is 5.11 Å². The number of likely N-dealkylation sites (tertiary alicyclic amines) is 1. The van der Waals surface area contributed by atoms with E-state index in [1.807, 2.05) is 0 Å². The van der Waals surface area contributed by atoms with Gasteiger partial charge in [-0.1, -0.05) is 18.2 Å². The molecule has 1 unspecified atom stereocenters. The van der Waals surface area contributed by atoms with Crippen molar-refractivity contribution in [1.82, 2.24) is 4.90 Å². The highest BCUT2D eigenvalue weighted by Crippen LogP contribution is 2.28. The summed E-state index contributed by atoms with van der Waals surface area (Å²) in [6.45, 7) is 6.65. The fourth-order valence-electron chi connectivity index (χ4n) is 3.73. The molecule has 0 amide bonds. The van der Waals surface area contributed by atoms with Crippen LogP contribution >= 0.6 is 0 Å². The van der Waals surface area contributed by atoms with E-state index in [4.69, 9.17) is 0 Å². The highest BCUT2D eigenvalue weighted by Gasteiger charge is 2.35. The second kappa shape index (κ2) is 5.50. The number of hydrogen-bond acceptors (Lipinski definition) is 2. The highest BCUT2D eigenvalue weighted by atomic mass is 16.3. The third-order valence-electron chi connectivity index (χ3n) is 5.33. The van der Waals surface area contributed by atoms with Crippen molar-refractivity contribution in [2.75, 3.05) is 13.1 Å². The van der Waals surface area contributed by atoms with Gasteiger partial charge in [-0.25, -0.2) is 0 Å². The molecule has 0 spiro atoms. The Hall–Kier alpha value is -0.860. The van der Waals surface area contributed by atoms with Gasteiger partial charge in [0.15, 0.2) is 0 Å². The monoisotopic (exact) mass is 273 g/mol. The molecule has 1 N–H and O–H groups in total. The first kappa shape index (κ1) is 14.1. The van der Waals surface area contributed by atoms with E-state index in [0.717, 1.165) is 19.5 Å². The Labute approximate surface area is 122 Å². The van der Waals surface area contributed by atoms with E-state index in [1.165, 1.54) is 48.8 Å². The average molecular weight is 273 g/mol. The summed E-state index contributed by atoms with van der Waals surface area (Å²) >= 11 is 0. The van der Waals surface area contributed by atoms with Gasteiger partial charge in [0.05, 0.1) is 6.10 Å². The average Bonchev–Trinajstić information content (AvgIpc) is 3.09. The molecule has 2 heteroatoms. The summed E-state index contributed by atoms with van der Waals surface area (Å²) in [5.74, 6) is 0. The van der Waals surface area contributed by atoms with E-state index >= 15 is 0 Å². The summed E-state index contributed by atoms with van der Waals surface area (Å²) in [6, 6.07) is 6.81. The highest BCUT2D eigenvalue weighted by molar-refractivity contribution is 5.35. The van der Waals surface area contributed by atoms with Crippen molar-refractivity contribution < 1.29 is 5.11 Å².